The molecule has 0 spiro atoms. The van der Waals surface area contributed by atoms with Gasteiger partial charge in [0.1, 0.15) is 0 Å². The molecule has 0 aliphatic carbocycles. The number of hydrogen-bond donors (Lipinski definition) is 2. The second kappa shape index (κ2) is 9.44. The molecule has 128 valence electrons. The summed E-state index contributed by atoms with van der Waals surface area (Å²) in [6, 6.07) is 8.31. The van der Waals surface area contributed by atoms with Crippen LogP contribution >= 0.6 is 23.1 Å². The first-order valence-electron chi connectivity index (χ1n) is 7.79. The van der Waals surface area contributed by atoms with Gasteiger partial charge in [-0.15, -0.1) is 16.8 Å². The predicted molar refractivity (Wildman–Crippen MR) is 102 cm³/mol. The van der Waals surface area contributed by atoms with Crippen LogP contribution in [-0.4, -0.2) is 28.4 Å². The van der Waals surface area contributed by atoms with Gasteiger partial charge in [0, 0.05) is 6.54 Å². The molecule has 1 atom stereocenters. The van der Waals surface area contributed by atoms with Gasteiger partial charge in [-0.1, -0.05) is 65.9 Å². The molecule has 1 aromatic carbocycles. The molecule has 0 fully saturated rings. The molecular formula is C17H22N4OS2. The van der Waals surface area contributed by atoms with E-state index in [9.17, 15) is 4.79 Å². The maximum atomic E-state index is 12.2. The molecule has 1 aromatic heterocycles. The van der Waals surface area contributed by atoms with Crippen LogP contribution in [0.3, 0.4) is 0 Å². The number of nitrogens with one attached hydrogen (secondary N) is 2. The van der Waals surface area contributed by atoms with Crippen LogP contribution in [0.25, 0.3) is 0 Å². The van der Waals surface area contributed by atoms with Crippen LogP contribution in [0.5, 0.6) is 0 Å². The number of hydrogen-bond acceptors (Lipinski definition) is 6. The van der Waals surface area contributed by atoms with Crippen LogP contribution in [0, 0.1) is 6.92 Å². The molecule has 1 heterocycles. The third-order valence-corrected chi connectivity index (χ3v) is 5.37. The van der Waals surface area contributed by atoms with Gasteiger partial charge in [-0.2, -0.15) is 0 Å². The van der Waals surface area contributed by atoms with Crippen molar-refractivity contribution in [1.29, 1.82) is 0 Å². The molecule has 0 saturated carbocycles. The lowest BCUT2D eigenvalue weighted by Gasteiger charge is -2.17. The minimum Gasteiger partial charge on any atom is -0.357 e. The van der Waals surface area contributed by atoms with Gasteiger partial charge in [0.15, 0.2) is 4.34 Å². The fraction of sp³-hybridized carbons (Fsp3) is 0.353. The van der Waals surface area contributed by atoms with E-state index in [0.717, 1.165) is 21.5 Å². The first-order chi connectivity index (χ1) is 11.6. The van der Waals surface area contributed by atoms with E-state index in [2.05, 4.69) is 65.5 Å². The maximum absolute atomic E-state index is 12.2. The van der Waals surface area contributed by atoms with E-state index in [1.165, 1.54) is 28.7 Å². The average molecular weight is 363 g/mol. The average Bonchev–Trinajstić information content (AvgIpc) is 3.05. The zero-order valence-corrected chi connectivity index (χ0v) is 15.5. The summed E-state index contributed by atoms with van der Waals surface area (Å²) in [7, 11) is 0. The van der Waals surface area contributed by atoms with Crippen molar-refractivity contribution in [3.63, 3.8) is 0 Å². The van der Waals surface area contributed by atoms with E-state index < -0.39 is 0 Å². The zero-order chi connectivity index (χ0) is 17.4. The van der Waals surface area contributed by atoms with Crippen LogP contribution in [-0.2, 0) is 4.79 Å². The molecule has 2 N–H and O–H groups in total. The number of thioether (sulfide) groups is 1. The summed E-state index contributed by atoms with van der Waals surface area (Å²) in [5, 5.41) is 15.0. The van der Waals surface area contributed by atoms with Crippen molar-refractivity contribution in [3.8, 4) is 0 Å². The lowest BCUT2D eigenvalue weighted by molar-refractivity contribution is -0.119. The fourth-order valence-electron chi connectivity index (χ4n) is 2.08. The number of carbonyl (C=O) groups excluding carboxylic acids is 1. The Bertz CT molecular complexity index is 669. The van der Waals surface area contributed by atoms with Gasteiger partial charge in [-0.25, -0.2) is 0 Å². The van der Waals surface area contributed by atoms with Gasteiger partial charge in [0.25, 0.3) is 0 Å². The highest BCUT2D eigenvalue weighted by Gasteiger charge is 2.14. The van der Waals surface area contributed by atoms with Gasteiger partial charge in [0.2, 0.25) is 11.0 Å². The number of amides is 1. The molecule has 0 bridgehead atoms. The van der Waals surface area contributed by atoms with Crippen LogP contribution in [0.4, 0.5) is 5.13 Å². The van der Waals surface area contributed by atoms with Crippen molar-refractivity contribution in [1.82, 2.24) is 15.5 Å². The monoisotopic (exact) mass is 362 g/mol. The van der Waals surface area contributed by atoms with Crippen LogP contribution in [0.2, 0.25) is 0 Å². The van der Waals surface area contributed by atoms with E-state index in [4.69, 9.17) is 0 Å². The van der Waals surface area contributed by atoms with Gasteiger partial charge < -0.3 is 10.6 Å². The van der Waals surface area contributed by atoms with Crippen LogP contribution in [0.15, 0.2) is 41.3 Å². The Kier molecular flexibility index (Phi) is 7.27. The van der Waals surface area contributed by atoms with Gasteiger partial charge in [-0.05, 0) is 18.9 Å². The Morgan fingerprint density at radius 2 is 2.12 bits per heavy atom. The van der Waals surface area contributed by atoms with Crippen molar-refractivity contribution < 1.29 is 4.79 Å². The molecule has 2 rings (SSSR count). The number of anilines is 1. The summed E-state index contributed by atoms with van der Waals surface area (Å²) < 4.78 is 0.778. The van der Waals surface area contributed by atoms with Crippen molar-refractivity contribution in [2.24, 2.45) is 0 Å². The van der Waals surface area contributed by atoms with Crippen molar-refractivity contribution in [2.75, 3.05) is 17.6 Å². The Hall–Kier alpha value is -1.86. The first-order valence-corrected chi connectivity index (χ1v) is 9.59. The molecular weight excluding hydrogens is 340 g/mol. The van der Waals surface area contributed by atoms with Crippen molar-refractivity contribution >= 4 is 34.1 Å². The molecule has 0 unspecified atom stereocenters. The number of carbonyl (C=O) groups is 1. The zero-order valence-electron chi connectivity index (χ0n) is 13.9. The minimum absolute atomic E-state index is 0.00299. The summed E-state index contributed by atoms with van der Waals surface area (Å²) in [5.41, 5.74) is 2.35. The van der Waals surface area contributed by atoms with E-state index in [1.54, 1.807) is 6.08 Å². The molecule has 7 heteroatoms. The fourth-order valence-corrected chi connectivity index (χ4v) is 3.65. The molecule has 0 saturated heterocycles. The van der Waals surface area contributed by atoms with E-state index >= 15 is 0 Å². The van der Waals surface area contributed by atoms with E-state index in [-0.39, 0.29) is 11.9 Å². The van der Waals surface area contributed by atoms with Crippen LogP contribution in [0.1, 0.15) is 30.5 Å². The Balaban J connectivity index is 1.84. The highest BCUT2D eigenvalue weighted by molar-refractivity contribution is 8.01. The standard InChI is InChI=1S/C17H22N4OS2/c1-4-10-18-16-20-21-17(24-16)23-11-15(22)19-14(5-2)13-8-6-12(3)7-9-13/h4,6-9,14H,1,5,10-11H2,2-3H3,(H,18,20)(H,19,22)/t14-/m1/s1. The highest BCUT2D eigenvalue weighted by atomic mass is 32.2. The summed E-state index contributed by atoms with van der Waals surface area (Å²) in [6.45, 7) is 8.42. The normalized spacial score (nSPS) is 11.8. The highest BCUT2D eigenvalue weighted by Crippen LogP contribution is 2.25. The lowest BCUT2D eigenvalue weighted by Crippen LogP contribution is -2.29. The molecule has 0 aliphatic heterocycles. The Morgan fingerprint density at radius 3 is 2.79 bits per heavy atom. The summed E-state index contributed by atoms with van der Waals surface area (Å²) >= 11 is 2.84. The third-order valence-electron chi connectivity index (χ3n) is 3.35. The smallest absolute Gasteiger partial charge is 0.230 e. The number of benzene rings is 1. The molecule has 1 amide bonds. The third kappa shape index (κ3) is 5.65. The minimum atomic E-state index is 0.00299. The molecule has 2 aromatic rings. The van der Waals surface area contributed by atoms with Crippen LogP contribution < -0.4 is 10.6 Å². The summed E-state index contributed by atoms with van der Waals surface area (Å²) in [6.07, 6.45) is 2.62. The Morgan fingerprint density at radius 1 is 1.38 bits per heavy atom. The van der Waals surface area contributed by atoms with Gasteiger partial charge >= 0.3 is 0 Å². The first kappa shape index (κ1) is 18.5. The van der Waals surface area contributed by atoms with Crippen molar-refractivity contribution in [2.45, 2.75) is 30.6 Å². The van der Waals surface area contributed by atoms with Gasteiger partial charge in [0.05, 0.1) is 11.8 Å². The molecule has 0 radical (unpaired) electrons. The van der Waals surface area contributed by atoms with E-state index in [0.29, 0.717) is 12.3 Å². The lowest BCUT2D eigenvalue weighted by atomic mass is 10.0. The summed E-state index contributed by atoms with van der Waals surface area (Å²) in [4.78, 5) is 12.2. The number of aryl methyl sites for hydroxylation is 1. The number of nitrogens with zero attached hydrogens (tertiary/aromatic N) is 2. The van der Waals surface area contributed by atoms with E-state index in [1.807, 2.05) is 0 Å². The quantitative estimate of drug-likeness (QED) is 0.524. The molecule has 5 nitrogen and oxygen atoms in total. The Labute approximate surface area is 151 Å². The second-order valence-electron chi connectivity index (χ2n) is 5.27. The number of rotatable bonds is 9. The summed E-state index contributed by atoms with van der Waals surface area (Å²) in [5.74, 6) is 0.335. The number of aromatic nitrogens is 2. The molecule has 0 aliphatic rings. The van der Waals surface area contributed by atoms with Gasteiger partial charge in [-0.3, -0.25) is 4.79 Å². The topological polar surface area (TPSA) is 66.9 Å². The SMILES string of the molecule is C=CCNc1nnc(SCC(=O)N[C@H](CC)c2ccc(C)cc2)s1. The second-order valence-corrected chi connectivity index (χ2v) is 7.47. The van der Waals surface area contributed by atoms with Crippen molar-refractivity contribution in [3.05, 3.63) is 48.0 Å². The molecule has 24 heavy (non-hydrogen) atoms. The largest absolute Gasteiger partial charge is 0.357 e. The maximum Gasteiger partial charge on any atom is 0.230 e. The predicted octanol–water partition coefficient (Wildman–Crippen LogP) is 3.80.